The van der Waals surface area contributed by atoms with Crippen LogP contribution in [0.5, 0.6) is 0 Å². The van der Waals surface area contributed by atoms with Gasteiger partial charge in [0.15, 0.2) is 6.10 Å². The number of piperidine rings is 1. The normalized spacial score (nSPS) is 26.8. The minimum atomic E-state index is -0.306. The number of rotatable bonds is 6. The van der Waals surface area contributed by atoms with Crippen molar-refractivity contribution >= 4 is 11.8 Å². The van der Waals surface area contributed by atoms with E-state index < -0.39 is 0 Å². The molecule has 5 rings (SSSR count). The van der Waals surface area contributed by atoms with E-state index in [2.05, 4.69) is 10.00 Å². The fourth-order valence-electron chi connectivity index (χ4n) is 5.29. The van der Waals surface area contributed by atoms with Crippen molar-refractivity contribution in [1.29, 1.82) is 0 Å². The first-order valence-electron chi connectivity index (χ1n) is 11.5. The standard InChI is InChI=1S/C22H32N4O4/c1-2-25-12-7-18(23-25)20(27)24-10-5-17(6-11-24)26-21(28)19(30-15-16-3-4-16)22(26)8-13-29-14-9-22/h7,12,16-17,19H,2-6,8-11,13-15H2,1H3. The Morgan fingerprint density at radius 3 is 2.60 bits per heavy atom. The Morgan fingerprint density at radius 1 is 1.23 bits per heavy atom. The first kappa shape index (κ1) is 20.0. The van der Waals surface area contributed by atoms with Gasteiger partial charge in [0.05, 0.1) is 12.1 Å². The number of aromatic nitrogens is 2. The molecule has 1 spiro atoms. The van der Waals surface area contributed by atoms with Gasteiger partial charge in [-0.05, 0) is 57.4 Å². The highest BCUT2D eigenvalue weighted by Crippen LogP contribution is 2.46. The summed E-state index contributed by atoms with van der Waals surface area (Å²) in [6.45, 7) is 6.16. The maximum Gasteiger partial charge on any atom is 0.274 e. The van der Waals surface area contributed by atoms with Crippen LogP contribution in [0.15, 0.2) is 12.3 Å². The summed E-state index contributed by atoms with van der Waals surface area (Å²) in [7, 11) is 0. The maximum atomic E-state index is 13.1. The highest BCUT2D eigenvalue weighted by molar-refractivity contribution is 5.92. The SMILES string of the molecule is CCn1ccc(C(=O)N2CCC(N3C(=O)C(OCC4CC4)C34CCOCC4)CC2)n1. The number of ether oxygens (including phenoxy) is 2. The number of carbonyl (C=O) groups excluding carboxylic acids is 2. The monoisotopic (exact) mass is 416 g/mol. The van der Waals surface area contributed by atoms with E-state index in [9.17, 15) is 9.59 Å². The average molecular weight is 417 g/mol. The van der Waals surface area contributed by atoms with E-state index in [-0.39, 0.29) is 29.5 Å². The Hall–Kier alpha value is -1.93. The third-order valence-electron chi connectivity index (χ3n) is 7.28. The number of carbonyl (C=O) groups is 2. The van der Waals surface area contributed by atoms with Crippen LogP contribution in [-0.2, 0) is 20.8 Å². The van der Waals surface area contributed by atoms with Gasteiger partial charge in [-0.2, -0.15) is 5.10 Å². The molecule has 2 amide bonds. The molecule has 3 aliphatic heterocycles. The molecule has 1 saturated carbocycles. The van der Waals surface area contributed by atoms with Crippen LogP contribution in [0.1, 0.15) is 55.9 Å². The topological polar surface area (TPSA) is 76.9 Å². The lowest BCUT2D eigenvalue weighted by atomic mass is 9.72. The van der Waals surface area contributed by atoms with Crippen LogP contribution < -0.4 is 0 Å². The van der Waals surface area contributed by atoms with Crippen LogP contribution in [-0.4, -0.2) is 82.0 Å². The van der Waals surface area contributed by atoms with Gasteiger partial charge in [0.1, 0.15) is 5.69 Å². The molecule has 3 saturated heterocycles. The Morgan fingerprint density at radius 2 is 1.97 bits per heavy atom. The predicted molar refractivity (Wildman–Crippen MR) is 109 cm³/mol. The van der Waals surface area contributed by atoms with Crippen LogP contribution in [0.4, 0.5) is 0 Å². The van der Waals surface area contributed by atoms with Gasteiger partial charge in [0, 0.05) is 45.1 Å². The molecule has 1 aromatic rings. The molecule has 164 valence electrons. The maximum absolute atomic E-state index is 13.1. The molecule has 4 heterocycles. The average Bonchev–Trinajstić information content (AvgIpc) is 3.48. The molecule has 0 bridgehead atoms. The summed E-state index contributed by atoms with van der Waals surface area (Å²) in [6, 6.07) is 1.96. The second-order valence-electron chi connectivity index (χ2n) is 9.16. The van der Waals surface area contributed by atoms with Crippen molar-refractivity contribution in [1.82, 2.24) is 19.6 Å². The third-order valence-corrected chi connectivity index (χ3v) is 7.28. The van der Waals surface area contributed by atoms with Gasteiger partial charge in [-0.15, -0.1) is 0 Å². The van der Waals surface area contributed by atoms with Gasteiger partial charge in [-0.3, -0.25) is 14.3 Å². The molecule has 0 N–H and O–H groups in total. The Labute approximate surface area is 177 Å². The van der Waals surface area contributed by atoms with Crippen LogP contribution >= 0.6 is 0 Å². The second kappa shape index (κ2) is 7.96. The van der Waals surface area contributed by atoms with Crippen LogP contribution in [0.25, 0.3) is 0 Å². The number of β-lactam (4-membered cyclic amide) rings is 1. The van der Waals surface area contributed by atoms with E-state index >= 15 is 0 Å². The molecule has 1 atom stereocenters. The number of aryl methyl sites for hydroxylation is 1. The number of hydrogen-bond acceptors (Lipinski definition) is 5. The van der Waals surface area contributed by atoms with Crippen molar-refractivity contribution < 1.29 is 19.1 Å². The molecule has 30 heavy (non-hydrogen) atoms. The molecule has 4 aliphatic rings. The number of nitrogens with zero attached hydrogens (tertiary/aromatic N) is 4. The van der Waals surface area contributed by atoms with Crippen LogP contribution in [0.3, 0.4) is 0 Å². The zero-order valence-corrected chi connectivity index (χ0v) is 17.8. The van der Waals surface area contributed by atoms with Crippen molar-refractivity contribution in [2.24, 2.45) is 5.92 Å². The van der Waals surface area contributed by atoms with E-state index in [1.807, 2.05) is 18.0 Å². The summed E-state index contributed by atoms with van der Waals surface area (Å²) in [4.78, 5) is 29.9. The van der Waals surface area contributed by atoms with Gasteiger partial charge in [0.25, 0.3) is 11.8 Å². The predicted octanol–water partition coefficient (Wildman–Crippen LogP) is 1.69. The first-order valence-corrected chi connectivity index (χ1v) is 11.5. The minimum absolute atomic E-state index is 0.0120. The van der Waals surface area contributed by atoms with Gasteiger partial charge in [0.2, 0.25) is 0 Å². The summed E-state index contributed by atoms with van der Waals surface area (Å²) in [6.07, 6.45) is 7.31. The first-order chi connectivity index (χ1) is 14.6. The van der Waals surface area contributed by atoms with Crippen molar-refractivity contribution in [2.75, 3.05) is 32.9 Å². The highest BCUT2D eigenvalue weighted by Gasteiger charge is 2.63. The van der Waals surface area contributed by atoms with Gasteiger partial charge >= 0.3 is 0 Å². The Kier molecular flexibility index (Phi) is 5.31. The molecule has 1 aliphatic carbocycles. The molecule has 8 heteroatoms. The second-order valence-corrected chi connectivity index (χ2v) is 9.16. The summed E-state index contributed by atoms with van der Waals surface area (Å²) >= 11 is 0. The van der Waals surface area contributed by atoms with Crippen LogP contribution in [0.2, 0.25) is 0 Å². The van der Waals surface area contributed by atoms with Gasteiger partial charge < -0.3 is 19.3 Å². The van der Waals surface area contributed by atoms with E-state index in [1.165, 1.54) is 12.8 Å². The fraction of sp³-hybridized carbons (Fsp3) is 0.773. The molecular formula is C22H32N4O4. The lowest BCUT2D eigenvalue weighted by Gasteiger charge is -2.62. The molecule has 8 nitrogen and oxygen atoms in total. The Balaban J connectivity index is 1.23. The lowest BCUT2D eigenvalue weighted by molar-refractivity contribution is -0.219. The van der Waals surface area contributed by atoms with Gasteiger partial charge in [-0.25, -0.2) is 0 Å². The molecule has 0 radical (unpaired) electrons. The van der Waals surface area contributed by atoms with Gasteiger partial charge in [-0.1, -0.05) is 0 Å². The van der Waals surface area contributed by atoms with Crippen molar-refractivity contribution in [3.05, 3.63) is 18.0 Å². The summed E-state index contributed by atoms with van der Waals surface area (Å²) < 4.78 is 13.5. The van der Waals surface area contributed by atoms with E-state index in [0.29, 0.717) is 44.5 Å². The minimum Gasteiger partial charge on any atom is -0.381 e. The smallest absolute Gasteiger partial charge is 0.274 e. The van der Waals surface area contributed by atoms with Crippen molar-refractivity contribution in [2.45, 2.75) is 69.7 Å². The quantitative estimate of drug-likeness (QED) is 0.660. The Bertz CT molecular complexity index is 791. The summed E-state index contributed by atoms with van der Waals surface area (Å²) in [5, 5.41) is 4.35. The molecular weight excluding hydrogens is 384 g/mol. The van der Waals surface area contributed by atoms with Crippen LogP contribution in [0, 0.1) is 5.92 Å². The van der Waals surface area contributed by atoms with E-state index in [1.54, 1.807) is 10.7 Å². The van der Waals surface area contributed by atoms with E-state index in [4.69, 9.17) is 9.47 Å². The molecule has 4 fully saturated rings. The van der Waals surface area contributed by atoms with E-state index in [0.717, 1.165) is 32.2 Å². The lowest BCUT2D eigenvalue weighted by Crippen LogP contribution is -2.79. The molecule has 1 unspecified atom stereocenters. The number of hydrogen-bond donors (Lipinski definition) is 0. The third kappa shape index (κ3) is 3.43. The van der Waals surface area contributed by atoms with Crippen molar-refractivity contribution in [3.63, 3.8) is 0 Å². The zero-order valence-electron chi connectivity index (χ0n) is 17.8. The fourth-order valence-corrected chi connectivity index (χ4v) is 5.29. The molecule has 0 aromatic carbocycles. The highest BCUT2D eigenvalue weighted by atomic mass is 16.5. The molecule has 1 aromatic heterocycles. The van der Waals surface area contributed by atoms with Crippen molar-refractivity contribution in [3.8, 4) is 0 Å². The number of likely N-dealkylation sites (tertiary alicyclic amines) is 2. The zero-order chi connectivity index (χ0) is 20.7. The largest absolute Gasteiger partial charge is 0.381 e. The number of amides is 2. The summed E-state index contributed by atoms with van der Waals surface area (Å²) in [5.74, 6) is 0.778. The summed E-state index contributed by atoms with van der Waals surface area (Å²) in [5.41, 5.74) is 0.297.